The van der Waals surface area contributed by atoms with Crippen molar-refractivity contribution in [1.82, 2.24) is 0 Å². The Kier molecular flexibility index (Phi) is 5.38. The van der Waals surface area contributed by atoms with E-state index in [-0.39, 0.29) is 0 Å². The van der Waals surface area contributed by atoms with Crippen molar-refractivity contribution in [2.75, 3.05) is 7.11 Å². The average Bonchev–Trinajstić information content (AvgIpc) is 2.49. The van der Waals surface area contributed by atoms with Crippen molar-refractivity contribution in [2.45, 2.75) is 11.5 Å². The van der Waals surface area contributed by atoms with Crippen molar-refractivity contribution in [3.05, 3.63) is 64.2 Å². The van der Waals surface area contributed by atoms with Crippen LogP contribution in [0.1, 0.15) is 16.7 Å². The zero-order valence-electron chi connectivity index (χ0n) is 11.5. The molecule has 108 valence electrons. The van der Waals surface area contributed by atoms with Crippen LogP contribution in [0.2, 0.25) is 5.02 Å². The lowest BCUT2D eigenvalue weighted by Gasteiger charge is -2.09. The highest BCUT2D eigenvalue weighted by Gasteiger charge is 2.09. The first-order valence-electron chi connectivity index (χ1n) is 6.29. The highest BCUT2D eigenvalue weighted by atomic mass is 35.5. The molecule has 0 radical (unpaired) electrons. The summed E-state index contributed by atoms with van der Waals surface area (Å²) in [5.74, 6) is 1.44. The van der Waals surface area contributed by atoms with Crippen LogP contribution in [0.5, 0.6) is 5.75 Å². The van der Waals surface area contributed by atoms with Crippen LogP contribution in [-0.4, -0.2) is 11.3 Å². The second kappa shape index (κ2) is 7.26. The van der Waals surface area contributed by atoms with Gasteiger partial charge in [0.05, 0.1) is 24.5 Å². The van der Waals surface area contributed by atoms with Crippen LogP contribution >= 0.6 is 11.6 Å². The molecular formula is C16H14ClNO2S. The largest absolute Gasteiger partial charge is 0.496 e. The Morgan fingerprint density at radius 1 is 1.19 bits per heavy atom. The van der Waals surface area contributed by atoms with E-state index >= 15 is 0 Å². The highest BCUT2D eigenvalue weighted by molar-refractivity contribution is 7.83. The number of hydrogen-bond acceptors (Lipinski definition) is 3. The summed E-state index contributed by atoms with van der Waals surface area (Å²) in [5.41, 5.74) is 2.28. The van der Waals surface area contributed by atoms with Crippen molar-refractivity contribution in [2.24, 2.45) is 0 Å². The van der Waals surface area contributed by atoms with Crippen LogP contribution < -0.4 is 4.74 Å². The van der Waals surface area contributed by atoms with Gasteiger partial charge in [0, 0.05) is 27.1 Å². The fourth-order valence-corrected chi connectivity index (χ4v) is 3.32. The Labute approximate surface area is 131 Å². The minimum atomic E-state index is -1.08. The molecule has 0 bridgehead atoms. The van der Waals surface area contributed by atoms with Gasteiger partial charge in [-0.3, -0.25) is 4.21 Å². The molecule has 3 nitrogen and oxygen atoms in total. The number of benzene rings is 2. The minimum absolute atomic E-state index is 0.349. The van der Waals surface area contributed by atoms with Crippen LogP contribution in [0.3, 0.4) is 0 Å². The molecule has 0 fully saturated rings. The maximum absolute atomic E-state index is 12.3. The van der Waals surface area contributed by atoms with Crippen LogP contribution in [-0.2, 0) is 22.3 Å². The Hall–Kier alpha value is -1.83. The molecule has 21 heavy (non-hydrogen) atoms. The standard InChI is InChI=1S/C16H14ClNO2S/c1-20-16-7-4-13(9-18)8-14(16)11-21(19)10-12-2-5-15(17)6-3-12/h2-8H,10-11H2,1H3. The van der Waals surface area contributed by atoms with Crippen LogP contribution in [0.4, 0.5) is 0 Å². The van der Waals surface area contributed by atoms with Gasteiger partial charge in [0.25, 0.3) is 0 Å². The molecule has 1 atom stereocenters. The van der Waals surface area contributed by atoms with Crippen molar-refractivity contribution < 1.29 is 8.95 Å². The molecule has 0 aliphatic heterocycles. The molecule has 0 N–H and O–H groups in total. The predicted molar refractivity (Wildman–Crippen MR) is 84.7 cm³/mol. The summed E-state index contributed by atoms with van der Waals surface area (Å²) < 4.78 is 17.5. The van der Waals surface area contributed by atoms with Crippen molar-refractivity contribution >= 4 is 22.4 Å². The monoisotopic (exact) mass is 319 g/mol. The third kappa shape index (κ3) is 4.32. The van der Waals surface area contributed by atoms with Gasteiger partial charge in [-0.25, -0.2) is 0 Å². The molecule has 1 unspecified atom stereocenters. The van der Waals surface area contributed by atoms with E-state index in [2.05, 4.69) is 6.07 Å². The van der Waals surface area contributed by atoms with E-state index in [9.17, 15) is 4.21 Å². The van der Waals surface area contributed by atoms with E-state index in [1.165, 1.54) is 0 Å². The first-order valence-corrected chi connectivity index (χ1v) is 8.15. The van der Waals surface area contributed by atoms with E-state index in [1.807, 2.05) is 12.1 Å². The fraction of sp³-hybridized carbons (Fsp3) is 0.188. The van der Waals surface area contributed by atoms with Crippen LogP contribution in [0.25, 0.3) is 0 Å². The number of nitrogens with zero attached hydrogens (tertiary/aromatic N) is 1. The van der Waals surface area contributed by atoms with Gasteiger partial charge in [0.1, 0.15) is 5.75 Å². The first-order chi connectivity index (χ1) is 10.1. The normalized spacial score (nSPS) is 11.7. The second-order valence-corrected chi connectivity index (χ2v) is 6.39. The van der Waals surface area contributed by atoms with Gasteiger partial charge in [-0.05, 0) is 35.9 Å². The van der Waals surface area contributed by atoms with Gasteiger partial charge in [-0.2, -0.15) is 5.26 Å². The molecule has 2 aromatic rings. The van der Waals surface area contributed by atoms with Crippen molar-refractivity contribution in [3.8, 4) is 11.8 Å². The molecule has 0 amide bonds. The van der Waals surface area contributed by atoms with Gasteiger partial charge in [0.15, 0.2) is 0 Å². The third-order valence-electron chi connectivity index (χ3n) is 2.97. The molecule has 0 saturated heterocycles. The molecule has 2 aromatic carbocycles. The molecule has 0 aliphatic rings. The lowest BCUT2D eigenvalue weighted by atomic mass is 10.1. The van der Waals surface area contributed by atoms with Crippen molar-refractivity contribution in [1.29, 1.82) is 5.26 Å². The fourth-order valence-electron chi connectivity index (χ4n) is 1.95. The van der Waals surface area contributed by atoms with E-state index < -0.39 is 10.8 Å². The van der Waals surface area contributed by atoms with Gasteiger partial charge in [0.2, 0.25) is 0 Å². The molecule has 5 heteroatoms. The van der Waals surface area contributed by atoms with E-state index in [4.69, 9.17) is 21.6 Å². The first kappa shape index (κ1) is 15.6. The van der Waals surface area contributed by atoms with Crippen LogP contribution in [0.15, 0.2) is 42.5 Å². The quantitative estimate of drug-likeness (QED) is 0.845. The Morgan fingerprint density at radius 2 is 1.90 bits per heavy atom. The molecule has 0 saturated carbocycles. The zero-order chi connectivity index (χ0) is 15.2. The topological polar surface area (TPSA) is 50.1 Å². The van der Waals surface area contributed by atoms with Gasteiger partial charge >= 0.3 is 0 Å². The molecule has 2 rings (SSSR count). The number of rotatable bonds is 5. The minimum Gasteiger partial charge on any atom is -0.496 e. The van der Waals surface area contributed by atoms with Gasteiger partial charge in [-0.15, -0.1) is 0 Å². The maximum atomic E-state index is 12.3. The molecule has 0 aliphatic carbocycles. The summed E-state index contributed by atoms with van der Waals surface area (Å²) in [4.78, 5) is 0. The Balaban J connectivity index is 2.12. The molecule has 0 spiro atoms. The number of methoxy groups -OCH3 is 1. The van der Waals surface area contributed by atoms with E-state index in [0.29, 0.717) is 27.8 Å². The average molecular weight is 320 g/mol. The summed E-state index contributed by atoms with van der Waals surface area (Å²) >= 11 is 5.83. The van der Waals surface area contributed by atoms with Gasteiger partial charge in [-0.1, -0.05) is 23.7 Å². The summed E-state index contributed by atoms with van der Waals surface area (Å²) in [7, 11) is 0.479. The number of ether oxygens (including phenoxy) is 1. The number of halogens is 1. The Morgan fingerprint density at radius 3 is 2.52 bits per heavy atom. The van der Waals surface area contributed by atoms with E-state index in [0.717, 1.165) is 11.1 Å². The second-order valence-electron chi connectivity index (χ2n) is 4.49. The summed E-state index contributed by atoms with van der Waals surface area (Å²) in [6.07, 6.45) is 0. The zero-order valence-corrected chi connectivity index (χ0v) is 13.1. The summed E-state index contributed by atoms with van der Waals surface area (Å²) in [6.45, 7) is 0. The highest BCUT2D eigenvalue weighted by Crippen LogP contribution is 2.22. The van der Waals surface area contributed by atoms with Crippen molar-refractivity contribution in [3.63, 3.8) is 0 Å². The lowest BCUT2D eigenvalue weighted by molar-refractivity contribution is 0.411. The number of nitriles is 1. The summed E-state index contributed by atoms with van der Waals surface area (Å²) in [6, 6.07) is 14.5. The SMILES string of the molecule is COc1ccc(C#N)cc1CS(=O)Cc1ccc(Cl)cc1. The molecular weight excluding hydrogens is 306 g/mol. The predicted octanol–water partition coefficient (Wildman–Crippen LogP) is 3.67. The molecule has 0 heterocycles. The lowest BCUT2D eigenvalue weighted by Crippen LogP contribution is -2.02. The van der Waals surface area contributed by atoms with Crippen LogP contribution in [0, 0.1) is 11.3 Å². The third-order valence-corrected chi connectivity index (χ3v) is 4.51. The Bertz CT molecular complexity index is 692. The number of hydrogen-bond donors (Lipinski definition) is 0. The molecule has 0 aromatic heterocycles. The summed E-state index contributed by atoms with van der Waals surface area (Å²) in [5, 5.41) is 9.60. The smallest absolute Gasteiger partial charge is 0.123 e. The maximum Gasteiger partial charge on any atom is 0.123 e. The van der Waals surface area contributed by atoms with E-state index in [1.54, 1.807) is 37.4 Å². The van der Waals surface area contributed by atoms with Gasteiger partial charge < -0.3 is 4.74 Å².